The molecule has 0 aliphatic rings. The molecule has 0 fully saturated rings. The molecule has 2 amide bonds. The van der Waals surface area contributed by atoms with Gasteiger partial charge < -0.3 is 5.32 Å². The van der Waals surface area contributed by atoms with Crippen LogP contribution >= 0.6 is 11.6 Å². The average molecular weight is 327 g/mol. The SMILES string of the molecule is Cn1nc(NC(=O)Nc2ccccc2Cl)cc1-c1ccccc1. The van der Waals surface area contributed by atoms with Crippen LogP contribution in [0.15, 0.2) is 60.7 Å². The number of rotatable bonds is 3. The second kappa shape index (κ2) is 6.54. The van der Waals surface area contributed by atoms with Crippen LogP contribution in [0, 0.1) is 0 Å². The first kappa shape index (κ1) is 15.1. The number of aryl methyl sites for hydroxylation is 1. The van der Waals surface area contributed by atoms with Crippen molar-refractivity contribution >= 4 is 29.1 Å². The number of carbonyl (C=O) groups excluding carboxylic acids is 1. The van der Waals surface area contributed by atoms with Crippen molar-refractivity contribution in [3.63, 3.8) is 0 Å². The lowest BCUT2D eigenvalue weighted by molar-refractivity contribution is 0.262. The van der Waals surface area contributed by atoms with Crippen LogP contribution in [0.4, 0.5) is 16.3 Å². The van der Waals surface area contributed by atoms with E-state index in [1.54, 1.807) is 28.9 Å². The summed E-state index contributed by atoms with van der Waals surface area (Å²) in [7, 11) is 1.83. The second-order valence-corrected chi connectivity index (χ2v) is 5.37. The molecule has 0 radical (unpaired) electrons. The summed E-state index contributed by atoms with van der Waals surface area (Å²) in [6, 6.07) is 18.3. The van der Waals surface area contributed by atoms with Crippen molar-refractivity contribution in [2.24, 2.45) is 7.05 Å². The highest BCUT2D eigenvalue weighted by molar-refractivity contribution is 6.33. The lowest BCUT2D eigenvalue weighted by Crippen LogP contribution is -2.20. The minimum atomic E-state index is -0.393. The predicted octanol–water partition coefficient (Wildman–Crippen LogP) is 4.38. The topological polar surface area (TPSA) is 59.0 Å². The van der Waals surface area contributed by atoms with E-state index in [2.05, 4.69) is 15.7 Å². The molecule has 0 spiro atoms. The zero-order chi connectivity index (χ0) is 16.2. The maximum Gasteiger partial charge on any atom is 0.324 e. The van der Waals surface area contributed by atoms with Gasteiger partial charge in [-0.05, 0) is 17.7 Å². The molecule has 0 atom stereocenters. The standard InChI is InChI=1S/C17H15ClN4O/c1-22-15(12-7-3-2-4-8-12)11-16(21-22)20-17(23)19-14-10-6-5-9-13(14)18/h2-11H,1H3,(H2,19,20,21,23). The summed E-state index contributed by atoms with van der Waals surface area (Å²) in [5.41, 5.74) is 2.49. The number of carbonyl (C=O) groups is 1. The van der Waals surface area contributed by atoms with E-state index in [1.165, 1.54) is 0 Å². The first-order chi connectivity index (χ1) is 11.1. The molecule has 0 aliphatic heterocycles. The molecule has 3 aromatic rings. The zero-order valence-electron chi connectivity index (χ0n) is 12.5. The van der Waals surface area contributed by atoms with Gasteiger partial charge in [0.15, 0.2) is 5.82 Å². The van der Waals surface area contributed by atoms with Gasteiger partial charge in [0.25, 0.3) is 0 Å². The highest BCUT2D eigenvalue weighted by atomic mass is 35.5. The lowest BCUT2D eigenvalue weighted by Gasteiger charge is -2.06. The number of hydrogen-bond donors (Lipinski definition) is 2. The third kappa shape index (κ3) is 3.52. The van der Waals surface area contributed by atoms with Gasteiger partial charge in [-0.2, -0.15) is 5.10 Å². The number of aromatic nitrogens is 2. The number of halogens is 1. The van der Waals surface area contributed by atoms with Crippen molar-refractivity contribution in [1.82, 2.24) is 9.78 Å². The maximum atomic E-state index is 12.1. The Morgan fingerprint density at radius 1 is 1.04 bits per heavy atom. The molecule has 116 valence electrons. The summed E-state index contributed by atoms with van der Waals surface area (Å²) < 4.78 is 1.72. The van der Waals surface area contributed by atoms with Crippen LogP contribution in [-0.4, -0.2) is 15.8 Å². The van der Waals surface area contributed by atoms with Crippen LogP contribution in [0.1, 0.15) is 0 Å². The van der Waals surface area contributed by atoms with Gasteiger partial charge in [-0.1, -0.05) is 54.1 Å². The number of benzene rings is 2. The van der Waals surface area contributed by atoms with Gasteiger partial charge in [-0.25, -0.2) is 4.79 Å². The monoisotopic (exact) mass is 326 g/mol. The van der Waals surface area contributed by atoms with Crippen LogP contribution in [0.2, 0.25) is 5.02 Å². The van der Waals surface area contributed by atoms with Gasteiger partial charge in [0.05, 0.1) is 16.4 Å². The van der Waals surface area contributed by atoms with E-state index in [4.69, 9.17) is 11.6 Å². The van der Waals surface area contributed by atoms with Crippen molar-refractivity contribution < 1.29 is 4.79 Å². The molecule has 23 heavy (non-hydrogen) atoms. The molecule has 0 saturated carbocycles. The first-order valence-electron chi connectivity index (χ1n) is 7.05. The van der Waals surface area contributed by atoms with E-state index < -0.39 is 6.03 Å². The summed E-state index contributed by atoms with van der Waals surface area (Å²) in [4.78, 5) is 12.1. The molecule has 0 aliphatic carbocycles. The van der Waals surface area contributed by atoms with Gasteiger partial charge in [0.2, 0.25) is 0 Å². The Labute approximate surface area is 138 Å². The Balaban J connectivity index is 1.74. The van der Waals surface area contributed by atoms with Gasteiger partial charge in [-0.15, -0.1) is 0 Å². The van der Waals surface area contributed by atoms with Gasteiger partial charge in [0.1, 0.15) is 0 Å². The van der Waals surface area contributed by atoms with Crippen molar-refractivity contribution in [2.75, 3.05) is 10.6 Å². The van der Waals surface area contributed by atoms with E-state index in [9.17, 15) is 4.79 Å². The third-order valence-electron chi connectivity index (χ3n) is 3.31. The highest BCUT2D eigenvalue weighted by Crippen LogP contribution is 2.23. The van der Waals surface area contributed by atoms with Crippen molar-refractivity contribution in [3.8, 4) is 11.3 Å². The summed E-state index contributed by atoms with van der Waals surface area (Å²) in [5.74, 6) is 0.468. The third-order valence-corrected chi connectivity index (χ3v) is 3.64. The van der Waals surface area contributed by atoms with Gasteiger partial charge in [-0.3, -0.25) is 10.00 Å². The maximum absolute atomic E-state index is 12.1. The van der Waals surface area contributed by atoms with Crippen LogP contribution < -0.4 is 10.6 Å². The Kier molecular flexibility index (Phi) is 4.30. The molecule has 1 aromatic heterocycles. The average Bonchev–Trinajstić information content (AvgIpc) is 2.91. The summed E-state index contributed by atoms with van der Waals surface area (Å²) in [6.45, 7) is 0. The van der Waals surface area contributed by atoms with E-state index in [0.717, 1.165) is 11.3 Å². The minimum absolute atomic E-state index is 0.393. The molecule has 0 unspecified atom stereocenters. The summed E-state index contributed by atoms with van der Waals surface area (Å²) >= 11 is 6.02. The summed E-state index contributed by atoms with van der Waals surface area (Å²) in [5, 5.41) is 10.2. The summed E-state index contributed by atoms with van der Waals surface area (Å²) in [6.07, 6.45) is 0. The first-order valence-corrected chi connectivity index (χ1v) is 7.43. The Morgan fingerprint density at radius 2 is 1.74 bits per heavy atom. The van der Waals surface area contributed by atoms with E-state index in [1.807, 2.05) is 43.4 Å². The lowest BCUT2D eigenvalue weighted by atomic mass is 10.1. The van der Waals surface area contributed by atoms with Crippen LogP contribution in [0.5, 0.6) is 0 Å². The fraction of sp³-hybridized carbons (Fsp3) is 0.0588. The zero-order valence-corrected chi connectivity index (χ0v) is 13.2. The number of anilines is 2. The quantitative estimate of drug-likeness (QED) is 0.750. The molecule has 0 bridgehead atoms. The second-order valence-electron chi connectivity index (χ2n) is 4.96. The van der Waals surface area contributed by atoms with E-state index >= 15 is 0 Å². The fourth-order valence-corrected chi connectivity index (χ4v) is 2.42. The predicted molar refractivity (Wildman–Crippen MR) is 92.7 cm³/mol. The largest absolute Gasteiger partial charge is 0.324 e. The molecule has 6 heteroatoms. The van der Waals surface area contributed by atoms with Gasteiger partial charge in [0, 0.05) is 13.1 Å². The number of urea groups is 1. The normalized spacial score (nSPS) is 10.3. The Hall–Kier alpha value is -2.79. The van der Waals surface area contributed by atoms with E-state index in [-0.39, 0.29) is 0 Å². The molecule has 0 saturated heterocycles. The van der Waals surface area contributed by atoms with Gasteiger partial charge >= 0.3 is 6.03 Å². The van der Waals surface area contributed by atoms with Crippen molar-refractivity contribution in [2.45, 2.75) is 0 Å². The Bertz CT molecular complexity index is 830. The van der Waals surface area contributed by atoms with Crippen molar-refractivity contribution in [1.29, 1.82) is 0 Å². The molecular weight excluding hydrogens is 312 g/mol. The highest BCUT2D eigenvalue weighted by Gasteiger charge is 2.10. The molecular formula is C17H15ClN4O. The van der Waals surface area contributed by atoms with Crippen LogP contribution in [0.25, 0.3) is 11.3 Å². The minimum Gasteiger partial charge on any atom is -0.306 e. The molecule has 2 N–H and O–H groups in total. The number of para-hydroxylation sites is 1. The number of amides is 2. The number of hydrogen-bond acceptors (Lipinski definition) is 2. The van der Waals surface area contributed by atoms with Crippen LogP contribution in [0.3, 0.4) is 0 Å². The Morgan fingerprint density at radius 3 is 2.48 bits per heavy atom. The molecule has 5 nitrogen and oxygen atoms in total. The smallest absolute Gasteiger partial charge is 0.306 e. The molecule has 1 heterocycles. The van der Waals surface area contributed by atoms with E-state index in [0.29, 0.717) is 16.5 Å². The van der Waals surface area contributed by atoms with Crippen molar-refractivity contribution in [3.05, 3.63) is 65.7 Å². The number of nitrogens with zero attached hydrogens (tertiary/aromatic N) is 2. The fourth-order valence-electron chi connectivity index (χ4n) is 2.24. The molecule has 2 aromatic carbocycles. The number of nitrogens with one attached hydrogen (secondary N) is 2. The molecule has 3 rings (SSSR count). The van der Waals surface area contributed by atoms with Crippen LogP contribution in [-0.2, 0) is 7.05 Å².